The molecule has 3 atom stereocenters. The largest absolute Gasteiger partial charge is 0.493 e. The SMILES string of the molecule is COc1c([C@H](C)NC(=O)c2ccc3c(c2)OCC[C@@]3(C)O)ccc(C2CC(N3CC[C@H](F)C3)C2)c1F. The number of alkyl halides is 1. The van der Waals surface area contributed by atoms with Crippen molar-refractivity contribution < 1.29 is 28.2 Å². The second-order valence-corrected chi connectivity index (χ2v) is 10.6. The van der Waals surface area contributed by atoms with Crippen molar-refractivity contribution in [3.63, 3.8) is 0 Å². The van der Waals surface area contributed by atoms with Gasteiger partial charge in [-0.05, 0) is 56.7 Å². The highest BCUT2D eigenvalue weighted by Crippen LogP contribution is 2.44. The highest BCUT2D eigenvalue weighted by molar-refractivity contribution is 5.95. The van der Waals surface area contributed by atoms with E-state index in [0.29, 0.717) is 60.0 Å². The van der Waals surface area contributed by atoms with Gasteiger partial charge in [-0.2, -0.15) is 0 Å². The van der Waals surface area contributed by atoms with Crippen LogP contribution in [0.1, 0.15) is 78.5 Å². The molecule has 2 aromatic carbocycles. The second kappa shape index (κ2) is 9.63. The Kier molecular flexibility index (Phi) is 6.68. The normalized spacial score (nSPS) is 28.6. The molecule has 2 fully saturated rings. The van der Waals surface area contributed by atoms with Crippen molar-refractivity contribution in [2.45, 2.75) is 69.3 Å². The standard InChI is InChI=1S/C28H34F2N2O4/c1-16(31-27(33)17-4-7-23-24(14-17)36-11-9-28(23,2)34)21-5-6-22(25(30)26(21)35-3)18-12-20(13-18)32-10-8-19(29)15-32/h4-7,14,16,18-20,34H,8-13,15H2,1-3H3,(H,31,33)/t16-,18?,19-,20?,28+/m0/s1. The molecule has 3 aliphatic rings. The molecule has 0 radical (unpaired) electrons. The van der Waals surface area contributed by atoms with E-state index in [1.54, 1.807) is 38.1 Å². The number of likely N-dealkylation sites (tertiary alicyclic amines) is 1. The van der Waals surface area contributed by atoms with Crippen LogP contribution in [0, 0.1) is 5.82 Å². The number of carbonyl (C=O) groups excluding carboxylic acids is 1. The molecule has 1 saturated heterocycles. The first kappa shape index (κ1) is 25.0. The minimum atomic E-state index is -0.993. The second-order valence-electron chi connectivity index (χ2n) is 10.6. The van der Waals surface area contributed by atoms with E-state index in [9.17, 15) is 14.3 Å². The molecule has 8 heteroatoms. The first-order chi connectivity index (χ1) is 17.2. The van der Waals surface area contributed by atoms with Gasteiger partial charge >= 0.3 is 0 Å². The molecule has 2 N–H and O–H groups in total. The molecular formula is C28H34F2N2O4. The van der Waals surface area contributed by atoms with Crippen LogP contribution in [0.15, 0.2) is 30.3 Å². The third kappa shape index (κ3) is 4.57. The van der Waals surface area contributed by atoms with Crippen molar-refractivity contribution in [2.24, 2.45) is 0 Å². The molecule has 0 bridgehead atoms. The maximum absolute atomic E-state index is 15.5. The molecular weight excluding hydrogens is 466 g/mol. The van der Waals surface area contributed by atoms with Crippen LogP contribution in [-0.2, 0) is 5.60 Å². The molecule has 1 amide bonds. The van der Waals surface area contributed by atoms with Gasteiger partial charge in [0.2, 0.25) is 0 Å². The first-order valence-corrected chi connectivity index (χ1v) is 12.7. The Hall–Kier alpha value is -2.71. The average Bonchev–Trinajstić information content (AvgIpc) is 3.23. The van der Waals surface area contributed by atoms with Gasteiger partial charge in [0.15, 0.2) is 11.6 Å². The van der Waals surface area contributed by atoms with E-state index < -0.39 is 23.6 Å². The van der Waals surface area contributed by atoms with Gasteiger partial charge in [-0.3, -0.25) is 9.69 Å². The van der Waals surface area contributed by atoms with E-state index in [-0.39, 0.29) is 17.6 Å². The number of hydrogen-bond acceptors (Lipinski definition) is 5. The molecule has 1 saturated carbocycles. The van der Waals surface area contributed by atoms with Gasteiger partial charge in [-0.25, -0.2) is 8.78 Å². The van der Waals surface area contributed by atoms with Gasteiger partial charge in [0.25, 0.3) is 5.91 Å². The number of hydrogen-bond donors (Lipinski definition) is 2. The van der Waals surface area contributed by atoms with Gasteiger partial charge in [0.1, 0.15) is 11.9 Å². The van der Waals surface area contributed by atoms with Crippen LogP contribution < -0.4 is 14.8 Å². The van der Waals surface area contributed by atoms with Crippen molar-refractivity contribution in [1.82, 2.24) is 10.2 Å². The maximum atomic E-state index is 15.5. The summed E-state index contributed by atoms with van der Waals surface area (Å²) in [6, 6.07) is 8.40. The number of rotatable bonds is 6. The van der Waals surface area contributed by atoms with Crippen molar-refractivity contribution in [2.75, 3.05) is 26.8 Å². The number of benzene rings is 2. The van der Waals surface area contributed by atoms with Gasteiger partial charge in [0.05, 0.1) is 25.4 Å². The molecule has 6 nitrogen and oxygen atoms in total. The number of methoxy groups -OCH3 is 1. The summed E-state index contributed by atoms with van der Waals surface area (Å²) >= 11 is 0. The number of nitrogens with one attached hydrogen (secondary N) is 1. The monoisotopic (exact) mass is 500 g/mol. The molecule has 0 spiro atoms. The van der Waals surface area contributed by atoms with Crippen molar-refractivity contribution in [3.8, 4) is 11.5 Å². The predicted molar refractivity (Wildman–Crippen MR) is 132 cm³/mol. The van der Waals surface area contributed by atoms with Crippen LogP contribution in [0.5, 0.6) is 11.5 Å². The topological polar surface area (TPSA) is 71.0 Å². The summed E-state index contributed by atoms with van der Waals surface area (Å²) in [5.74, 6) is -0.0138. The summed E-state index contributed by atoms with van der Waals surface area (Å²) in [6.45, 7) is 5.15. The van der Waals surface area contributed by atoms with E-state index in [1.165, 1.54) is 7.11 Å². The fourth-order valence-corrected chi connectivity index (χ4v) is 5.74. The Bertz CT molecular complexity index is 1150. The molecule has 0 unspecified atom stereocenters. The van der Waals surface area contributed by atoms with E-state index in [0.717, 1.165) is 19.4 Å². The predicted octanol–water partition coefficient (Wildman–Crippen LogP) is 4.61. The molecule has 2 aromatic rings. The zero-order valence-corrected chi connectivity index (χ0v) is 21.0. The first-order valence-electron chi connectivity index (χ1n) is 12.7. The van der Waals surface area contributed by atoms with Crippen molar-refractivity contribution in [1.29, 1.82) is 0 Å². The number of fused-ring (bicyclic) bond motifs is 1. The maximum Gasteiger partial charge on any atom is 0.251 e. The van der Waals surface area contributed by atoms with Crippen LogP contribution >= 0.6 is 0 Å². The van der Waals surface area contributed by atoms with Crippen molar-refractivity contribution in [3.05, 3.63) is 58.4 Å². The molecule has 36 heavy (non-hydrogen) atoms. The number of carbonyl (C=O) groups is 1. The fraction of sp³-hybridized carbons (Fsp3) is 0.536. The average molecular weight is 501 g/mol. The summed E-state index contributed by atoms with van der Waals surface area (Å²) in [5, 5.41) is 13.5. The van der Waals surface area contributed by atoms with Crippen LogP contribution in [0.4, 0.5) is 8.78 Å². The Morgan fingerprint density at radius 3 is 2.78 bits per heavy atom. The van der Waals surface area contributed by atoms with E-state index >= 15 is 4.39 Å². The molecule has 0 aromatic heterocycles. The number of halogens is 2. The summed E-state index contributed by atoms with van der Waals surface area (Å²) < 4.78 is 40.1. The lowest BCUT2D eigenvalue weighted by atomic mass is 9.74. The summed E-state index contributed by atoms with van der Waals surface area (Å²) in [7, 11) is 1.43. The van der Waals surface area contributed by atoms with E-state index in [1.807, 2.05) is 6.07 Å². The van der Waals surface area contributed by atoms with Gasteiger partial charge < -0.3 is 19.9 Å². The Balaban J connectivity index is 1.28. The number of amides is 1. The molecule has 2 heterocycles. The van der Waals surface area contributed by atoms with Crippen LogP contribution in [-0.4, -0.2) is 54.9 Å². The molecule has 194 valence electrons. The van der Waals surface area contributed by atoms with Crippen LogP contribution in [0.25, 0.3) is 0 Å². The van der Waals surface area contributed by atoms with E-state index in [4.69, 9.17) is 9.47 Å². The minimum absolute atomic E-state index is 0.0780. The smallest absolute Gasteiger partial charge is 0.251 e. The van der Waals surface area contributed by atoms with Gasteiger partial charge in [-0.15, -0.1) is 0 Å². The van der Waals surface area contributed by atoms with Crippen LogP contribution in [0.3, 0.4) is 0 Å². The minimum Gasteiger partial charge on any atom is -0.493 e. The zero-order chi connectivity index (χ0) is 25.6. The number of nitrogens with zero attached hydrogens (tertiary/aromatic N) is 1. The zero-order valence-electron chi connectivity index (χ0n) is 21.0. The summed E-state index contributed by atoms with van der Waals surface area (Å²) in [4.78, 5) is 15.2. The lowest BCUT2D eigenvalue weighted by molar-refractivity contribution is 0.0146. The van der Waals surface area contributed by atoms with Gasteiger partial charge in [-0.1, -0.05) is 18.2 Å². The lowest BCUT2D eigenvalue weighted by Crippen LogP contribution is -2.42. The molecule has 2 aliphatic heterocycles. The van der Waals surface area contributed by atoms with Crippen LogP contribution in [0.2, 0.25) is 0 Å². The molecule has 1 aliphatic carbocycles. The number of ether oxygens (including phenoxy) is 2. The highest BCUT2D eigenvalue weighted by atomic mass is 19.1. The fourth-order valence-electron chi connectivity index (χ4n) is 5.74. The third-order valence-electron chi connectivity index (χ3n) is 8.08. The Labute approximate surface area is 210 Å². The third-order valence-corrected chi connectivity index (χ3v) is 8.08. The lowest BCUT2D eigenvalue weighted by Gasteiger charge is -2.41. The summed E-state index contributed by atoms with van der Waals surface area (Å²) in [6.07, 6.45) is 1.95. The highest BCUT2D eigenvalue weighted by Gasteiger charge is 2.39. The Morgan fingerprint density at radius 1 is 1.31 bits per heavy atom. The number of aliphatic hydroxyl groups is 1. The van der Waals surface area contributed by atoms with E-state index in [2.05, 4.69) is 10.2 Å². The summed E-state index contributed by atoms with van der Waals surface area (Å²) in [5.41, 5.74) is 1.23. The molecule has 5 rings (SSSR count). The Morgan fingerprint density at radius 2 is 2.08 bits per heavy atom. The van der Waals surface area contributed by atoms with Crippen molar-refractivity contribution >= 4 is 5.91 Å². The quantitative estimate of drug-likeness (QED) is 0.607. The van der Waals surface area contributed by atoms with Gasteiger partial charge in [0, 0.05) is 42.2 Å².